The zero-order valence-corrected chi connectivity index (χ0v) is 15.0. The smallest absolute Gasteiger partial charge is 0.321 e. The summed E-state index contributed by atoms with van der Waals surface area (Å²) in [4.78, 5) is 24.6. The Kier molecular flexibility index (Phi) is 4.94. The van der Waals surface area contributed by atoms with E-state index in [2.05, 4.69) is 31.6 Å². The van der Waals surface area contributed by atoms with Crippen molar-refractivity contribution >= 4 is 22.5 Å². The lowest BCUT2D eigenvalue weighted by atomic mass is 10.1. The fourth-order valence-corrected chi connectivity index (χ4v) is 4.62. The second-order valence-electron chi connectivity index (χ2n) is 6.79. The van der Waals surface area contributed by atoms with Crippen LogP contribution in [-0.2, 0) is 19.5 Å². The molecule has 0 saturated heterocycles. The fourth-order valence-electron chi connectivity index (χ4n) is 3.58. The van der Waals surface area contributed by atoms with E-state index >= 15 is 0 Å². The average molecular weight is 357 g/mol. The normalized spacial score (nSPS) is 18.1. The van der Waals surface area contributed by atoms with E-state index in [1.165, 1.54) is 23.3 Å². The summed E-state index contributed by atoms with van der Waals surface area (Å²) in [6, 6.07) is 4.28. The van der Waals surface area contributed by atoms with E-state index in [0.29, 0.717) is 11.2 Å². The van der Waals surface area contributed by atoms with Gasteiger partial charge in [-0.25, -0.2) is 9.78 Å². The molecule has 2 amide bonds. The number of fused-ring (bicyclic) bond motifs is 1. The van der Waals surface area contributed by atoms with E-state index in [4.69, 9.17) is 0 Å². The molecule has 0 atom stereocenters. The quantitative estimate of drug-likeness (QED) is 0.882. The molecule has 2 N–H and O–H groups in total. The summed E-state index contributed by atoms with van der Waals surface area (Å²) >= 11 is 1.60. The Balaban J connectivity index is 1.34. The van der Waals surface area contributed by atoms with E-state index in [0.717, 1.165) is 44.6 Å². The highest BCUT2D eigenvalue weighted by Crippen LogP contribution is 2.29. The second kappa shape index (κ2) is 7.49. The molecule has 0 spiro atoms. The Hall–Kier alpha value is -1.99. The summed E-state index contributed by atoms with van der Waals surface area (Å²) in [5.41, 5.74) is 2.35. The van der Waals surface area contributed by atoms with Crippen LogP contribution < -0.4 is 10.6 Å². The van der Waals surface area contributed by atoms with Crippen LogP contribution in [0.1, 0.15) is 41.8 Å². The van der Waals surface area contributed by atoms with Crippen molar-refractivity contribution in [3.63, 3.8) is 0 Å². The summed E-state index contributed by atoms with van der Waals surface area (Å²) < 4.78 is 0. The van der Waals surface area contributed by atoms with Gasteiger partial charge in [0.25, 0.3) is 0 Å². The van der Waals surface area contributed by atoms with E-state index < -0.39 is 0 Å². The lowest BCUT2D eigenvalue weighted by Gasteiger charge is -2.25. The van der Waals surface area contributed by atoms with Gasteiger partial charge in [0, 0.05) is 49.4 Å². The molecule has 2 aromatic rings. The highest BCUT2D eigenvalue weighted by Gasteiger charge is 2.22. The first-order chi connectivity index (χ1) is 12.3. The second-order valence-corrected chi connectivity index (χ2v) is 7.87. The molecule has 4 rings (SSSR count). The van der Waals surface area contributed by atoms with Gasteiger partial charge in [-0.1, -0.05) is 18.9 Å². The molecule has 1 aliphatic heterocycles. The van der Waals surface area contributed by atoms with Crippen LogP contribution in [0.15, 0.2) is 24.5 Å². The fraction of sp³-hybridized carbons (Fsp3) is 0.500. The Morgan fingerprint density at radius 2 is 2.24 bits per heavy atom. The van der Waals surface area contributed by atoms with Crippen LogP contribution in [-0.4, -0.2) is 33.5 Å². The zero-order chi connectivity index (χ0) is 17.1. The van der Waals surface area contributed by atoms with Crippen LogP contribution in [0, 0.1) is 0 Å². The monoisotopic (exact) mass is 357 g/mol. The number of carbonyl (C=O) groups excluding carboxylic acids is 1. The summed E-state index contributed by atoms with van der Waals surface area (Å²) in [7, 11) is 0. The van der Waals surface area contributed by atoms with E-state index in [-0.39, 0.29) is 6.03 Å². The van der Waals surface area contributed by atoms with Gasteiger partial charge >= 0.3 is 6.03 Å². The molecule has 0 radical (unpaired) electrons. The summed E-state index contributed by atoms with van der Waals surface area (Å²) in [5, 5.41) is 6.68. The molecular weight excluding hydrogens is 334 g/mol. The minimum atomic E-state index is -0.120. The number of nitrogens with zero attached hydrogens (tertiary/aromatic N) is 3. The van der Waals surface area contributed by atoms with Gasteiger partial charge in [-0.05, 0) is 24.5 Å². The maximum absolute atomic E-state index is 12.1. The number of pyridine rings is 1. The van der Waals surface area contributed by atoms with Crippen LogP contribution >= 0.6 is 11.3 Å². The van der Waals surface area contributed by atoms with Crippen molar-refractivity contribution in [2.24, 2.45) is 0 Å². The van der Waals surface area contributed by atoms with Gasteiger partial charge in [0.15, 0.2) is 5.13 Å². The van der Waals surface area contributed by atoms with Crippen LogP contribution in [0.25, 0.3) is 0 Å². The topological polar surface area (TPSA) is 70.2 Å². The minimum Gasteiger partial charge on any atom is -0.335 e. The van der Waals surface area contributed by atoms with Crippen LogP contribution in [0.4, 0.5) is 9.93 Å². The van der Waals surface area contributed by atoms with Crippen molar-refractivity contribution in [3.8, 4) is 0 Å². The summed E-state index contributed by atoms with van der Waals surface area (Å²) in [6.07, 6.45) is 9.25. The van der Waals surface area contributed by atoms with Gasteiger partial charge in [0.1, 0.15) is 0 Å². The molecule has 0 aromatic carbocycles. The minimum absolute atomic E-state index is 0.120. The van der Waals surface area contributed by atoms with E-state index in [9.17, 15) is 4.79 Å². The molecule has 6 nitrogen and oxygen atoms in total. The highest BCUT2D eigenvalue weighted by atomic mass is 32.1. The number of thiazole rings is 1. The van der Waals surface area contributed by atoms with Crippen molar-refractivity contribution < 1.29 is 4.79 Å². The average Bonchev–Trinajstić information content (AvgIpc) is 3.24. The predicted molar refractivity (Wildman–Crippen MR) is 98.6 cm³/mol. The molecule has 3 heterocycles. The van der Waals surface area contributed by atoms with Crippen molar-refractivity contribution in [2.75, 3.05) is 11.9 Å². The van der Waals surface area contributed by atoms with Crippen LogP contribution in [0.5, 0.6) is 0 Å². The zero-order valence-electron chi connectivity index (χ0n) is 14.2. The molecular formula is C18H23N5OS. The molecule has 1 fully saturated rings. The number of anilines is 1. The van der Waals surface area contributed by atoms with E-state index in [1.807, 2.05) is 12.3 Å². The van der Waals surface area contributed by atoms with Crippen molar-refractivity contribution in [3.05, 3.63) is 40.7 Å². The number of carbonyl (C=O) groups is 1. The Bertz CT molecular complexity index is 726. The van der Waals surface area contributed by atoms with Gasteiger partial charge in [-0.2, -0.15) is 0 Å². The highest BCUT2D eigenvalue weighted by molar-refractivity contribution is 7.15. The largest absolute Gasteiger partial charge is 0.335 e. The number of nitrogens with one attached hydrogen (secondary N) is 2. The number of hydrogen-bond donors (Lipinski definition) is 2. The van der Waals surface area contributed by atoms with Crippen LogP contribution in [0.2, 0.25) is 0 Å². The molecule has 7 heteroatoms. The molecule has 25 heavy (non-hydrogen) atoms. The molecule has 1 aliphatic carbocycles. The third kappa shape index (κ3) is 4.16. The van der Waals surface area contributed by atoms with Gasteiger partial charge < -0.3 is 5.32 Å². The SMILES string of the molecule is O=C(Nc1nc2c(s1)CN(Cc1cccnc1)CC2)NC1CCCC1. The maximum Gasteiger partial charge on any atom is 0.321 e. The summed E-state index contributed by atoms with van der Waals surface area (Å²) in [6.45, 7) is 2.77. The maximum atomic E-state index is 12.1. The van der Waals surface area contributed by atoms with Gasteiger partial charge in [0.05, 0.1) is 5.69 Å². The van der Waals surface area contributed by atoms with Crippen molar-refractivity contribution in [2.45, 2.75) is 51.2 Å². The van der Waals surface area contributed by atoms with Gasteiger partial charge in [0.2, 0.25) is 0 Å². The molecule has 0 unspecified atom stereocenters. The third-order valence-corrected chi connectivity index (χ3v) is 5.85. The number of hydrogen-bond acceptors (Lipinski definition) is 5. The standard InChI is InChI=1S/C18H23N5OS/c24-17(20-14-5-1-2-6-14)22-18-21-15-7-9-23(12-16(15)25-18)11-13-4-3-8-19-10-13/h3-4,8,10,14H,1-2,5-7,9,11-12H2,(H2,20,21,22,24). The molecule has 2 aromatic heterocycles. The first-order valence-electron chi connectivity index (χ1n) is 8.93. The third-order valence-electron chi connectivity index (χ3n) is 4.85. The lowest BCUT2D eigenvalue weighted by Crippen LogP contribution is -2.36. The first kappa shape index (κ1) is 16.5. The summed E-state index contributed by atoms with van der Waals surface area (Å²) in [5.74, 6) is 0. The number of urea groups is 1. The predicted octanol–water partition coefficient (Wildman–Crippen LogP) is 3.16. The molecule has 1 saturated carbocycles. The number of amides is 2. The Morgan fingerprint density at radius 1 is 1.36 bits per heavy atom. The first-order valence-corrected chi connectivity index (χ1v) is 9.75. The lowest BCUT2D eigenvalue weighted by molar-refractivity contribution is 0.246. The number of aromatic nitrogens is 2. The van der Waals surface area contributed by atoms with Gasteiger partial charge in [-0.15, -0.1) is 11.3 Å². The van der Waals surface area contributed by atoms with E-state index in [1.54, 1.807) is 17.5 Å². The number of rotatable bonds is 4. The Labute approximate surface area is 151 Å². The van der Waals surface area contributed by atoms with Crippen molar-refractivity contribution in [1.82, 2.24) is 20.2 Å². The Morgan fingerprint density at radius 3 is 3.04 bits per heavy atom. The van der Waals surface area contributed by atoms with Crippen molar-refractivity contribution in [1.29, 1.82) is 0 Å². The van der Waals surface area contributed by atoms with Crippen LogP contribution in [0.3, 0.4) is 0 Å². The molecule has 0 bridgehead atoms. The van der Waals surface area contributed by atoms with Gasteiger partial charge in [-0.3, -0.25) is 15.2 Å². The molecule has 132 valence electrons. The molecule has 2 aliphatic rings.